The van der Waals surface area contributed by atoms with Gasteiger partial charge >= 0.3 is 0 Å². The number of carbonyl (C=O) groups excluding carboxylic acids is 1. The van der Waals surface area contributed by atoms with Gasteiger partial charge in [0.1, 0.15) is 5.69 Å². The Hall–Kier alpha value is -3.74. The summed E-state index contributed by atoms with van der Waals surface area (Å²) in [5.74, 6) is 1.20. The quantitative estimate of drug-likeness (QED) is 0.452. The summed E-state index contributed by atoms with van der Waals surface area (Å²) in [6, 6.07) is 19.6. The monoisotopic (exact) mass is 429 g/mol. The minimum atomic E-state index is -0.111. The topological polar surface area (TPSA) is 85.8 Å². The Labute approximate surface area is 187 Å². The third kappa shape index (κ3) is 4.61. The lowest BCUT2D eigenvalue weighted by Crippen LogP contribution is -2.27. The zero-order chi connectivity index (χ0) is 22.7. The molecule has 4 rings (SSSR count). The molecule has 0 spiro atoms. The van der Waals surface area contributed by atoms with Gasteiger partial charge < -0.3 is 9.73 Å². The van der Waals surface area contributed by atoms with Crippen LogP contribution in [0.2, 0.25) is 0 Å². The van der Waals surface area contributed by atoms with E-state index >= 15 is 0 Å². The highest BCUT2D eigenvalue weighted by Crippen LogP contribution is 2.26. The Morgan fingerprint density at radius 3 is 2.50 bits per heavy atom. The van der Waals surface area contributed by atoms with Crippen LogP contribution in [0.5, 0.6) is 0 Å². The van der Waals surface area contributed by atoms with Crippen molar-refractivity contribution in [3.63, 3.8) is 0 Å². The van der Waals surface area contributed by atoms with Gasteiger partial charge in [0, 0.05) is 24.7 Å². The largest absolute Gasteiger partial charge is 0.420 e. The molecule has 1 amide bonds. The van der Waals surface area contributed by atoms with Crippen LogP contribution in [0.25, 0.3) is 17.3 Å². The number of amides is 1. The molecule has 0 saturated heterocycles. The number of hydrogen-bond acceptors (Lipinski definition) is 5. The first-order valence-corrected chi connectivity index (χ1v) is 10.8. The normalized spacial score (nSPS) is 12.2. The van der Waals surface area contributed by atoms with E-state index in [9.17, 15) is 4.79 Å². The highest BCUT2D eigenvalue weighted by atomic mass is 16.4. The second-order valence-electron chi connectivity index (χ2n) is 8.22. The summed E-state index contributed by atoms with van der Waals surface area (Å²) >= 11 is 0. The number of aromatic nitrogens is 4. The molecule has 7 nitrogen and oxygen atoms in total. The number of rotatable bonds is 7. The first-order valence-electron chi connectivity index (χ1n) is 10.8. The summed E-state index contributed by atoms with van der Waals surface area (Å²) in [5, 5.41) is 15.7. The first kappa shape index (κ1) is 21.5. The van der Waals surface area contributed by atoms with Crippen LogP contribution in [0.1, 0.15) is 60.1 Å². The van der Waals surface area contributed by atoms with Gasteiger partial charge in [0.2, 0.25) is 5.89 Å². The Kier molecular flexibility index (Phi) is 6.16. The molecule has 0 aliphatic carbocycles. The zero-order valence-corrected chi connectivity index (χ0v) is 18.7. The lowest BCUT2D eigenvalue weighted by molar-refractivity contribution is 0.0951. The van der Waals surface area contributed by atoms with Crippen molar-refractivity contribution in [2.24, 2.45) is 0 Å². The van der Waals surface area contributed by atoms with Gasteiger partial charge in [-0.1, -0.05) is 57.2 Å². The van der Waals surface area contributed by atoms with Crippen LogP contribution in [0.4, 0.5) is 0 Å². The van der Waals surface area contributed by atoms with Crippen molar-refractivity contribution in [1.29, 1.82) is 0 Å². The highest BCUT2D eigenvalue weighted by molar-refractivity contribution is 5.94. The van der Waals surface area contributed by atoms with E-state index in [0.717, 1.165) is 11.4 Å². The van der Waals surface area contributed by atoms with Crippen LogP contribution in [0.3, 0.4) is 0 Å². The van der Waals surface area contributed by atoms with E-state index in [2.05, 4.69) is 53.5 Å². The van der Waals surface area contributed by atoms with Gasteiger partial charge in [-0.05, 0) is 41.7 Å². The van der Waals surface area contributed by atoms with Crippen LogP contribution >= 0.6 is 0 Å². The van der Waals surface area contributed by atoms with Crippen LogP contribution < -0.4 is 5.32 Å². The van der Waals surface area contributed by atoms with Crippen LogP contribution in [-0.4, -0.2) is 32.4 Å². The summed E-state index contributed by atoms with van der Waals surface area (Å²) in [5.41, 5.74) is 4.19. The fraction of sp³-hybridized carbons (Fsp3) is 0.280. The summed E-state index contributed by atoms with van der Waals surface area (Å²) in [7, 11) is 0. The minimum Gasteiger partial charge on any atom is -0.420 e. The molecule has 0 aliphatic heterocycles. The Balaban J connectivity index is 1.56. The molecule has 0 bridgehead atoms. The van der Waals surface area contributed by atoms with E-state index in [1.807, 2.05) is 53.2 Å². The van der Waals surface area contributed by atoms with Crippen molar-refractivity contribution in [2.75, 3.05) is 6.54 Å². The maximum atomic E-state index is 12.8. The molecule has 4 aromatic rings. The van der Waals surface area contributed by atoms with Gasteiger partial charge in [-0.2, -0.15) is 5.10 Å². The smallest absolute Gasteiger partial charge is 0.268 e. The van der Waals surface area contributed by atoms with Crippen LogP contribution in [0, 0.1) is 6.92 Å². The minimum absolute atomic E-state index is 0.111. The standard InChI is InChI=1S/C25H27N5O2/c1-16(2)23-14-22(25-28-27-18(4)32-25)29-30(23)21-12-8-11-20(13-21)24(31)26-15-17(3)19-9-6-5-7-10-19/h5-14,16-17H,15H2,1-4H3,(H,26,31)/t17-/m1/s1. The van der Waals surface area contributed by atoms with Crippen molar-refractivity contribution in [3.8, 4) is 17.3 Å². The maximum Gasteiger partial charge on any atom is 0.268 e. The molecule has 0 saturated carbocycles. The maximum absolute atomic E-state index is 12.8. The molecule has 2 heterocycles. The second kappa shape index (κ2) is 9.18. The van der Waals surface area contributed by atoms with Crippen molar-refractivity contribution in [2.45, 2.75) is 39.5 Å². The van der Waals surface area contributed by atoms with Gasteiger partial charge in [-0.3, -0.25) is 4.79 Å². The molecule has 2 aromatic carbocycles. The van der Waals surface area contributed by atoms with Crippen molar-refractivity contribution in [1.82, 2.24) is 25.3 Å². The van der Waals surface area contributed by atoms with E-state index in [4.69, 9.17) is 4.42 Å². The van der Waals surface area contributed by atoms with Crippen molar-refractivity contribution < 1.29 is 9.21 Å². The van der Waals surface area contributed by atoms with Gasteiger partial charge in [0.25, 0.3) is 11.8 Å². The Bertz CT molecular complexity index is 1210. The number of carbonyl (C=O) groups is 1. The summed E-state index contributed by atoms with van der Waals surface area (Å²) in [6.45, 7) is 8.60. The molecule has 0 radical (unpaired) electrons. The zero-order valence-electron chi connectivity index (χ0n) is 18.7. The van der Waals surface area contributed by atoms with Crippen molar-refractivity contribution >= 4 is 5.91 Å². The molecule has 0 aliphatic rings. The summed E-state index contributed by atoms with van der Waals surface area (Å²) in [4.78, 5) is 12.8. The lowest BCUT2D eigenvalue weighted by atomic mass is 10.0. The van der Waals surface area contributed by atoms with E-state index in [1.165, 1.54) is 5.56 Å². The van der Waals surface area contributed by atoms with Crippen LogP contribution in [-0.2, 0) is 0 Å². The van der Waals surface area contributed by atoms with Gasteiger partial charge in [-0.15, -0.1) is 10.2 Å². The molecular weight excluding hydrogens is 402 g/mol. The molecule has 0 unspecified atom stereocenters. The van der Waals surface area contributed by atoms with E-state index in [1.54, 1.807) is 6.92 Å². The predicted molar refractivity (Wildman–Crippen MR) is 123 cm³/mol. The highest BCUT2D eigenvalue weighted by Gasteiger charge is 2.18. The third-order valence-electron chi connectivity index (χ3n) is 5.36. The van der Waals surface area contributed by atoms with E-state index in [-0.39, 0.29) is 17.7 Å². The lowest BCUT2D eigenvalue weighted by Gasteiger charge is -2.14. The second-order valence-corrected chi connectivity index (χ2v) is 8.22. The molecule has 2 aromatic heterocycles. The molecule has 32 heavy (non-hydrogen) atoms. The SMILES string of the molecule is Cc1nnc(-c2cc(C(C)C)n(-c3cccc(C(=O)NC[C@@H](C)c4ccccc4)c3)n2)o1. The molecule has 1 N–H and O–H groups in total. The number of benzene rings is 2. The van der Waals surface area contributed by atoms with Gasteiger partial charge in [-0.25, -0.2) is 4.68 Å². The summed E-state index contributed by atoms with van der Waals surface area (Å²) in [6.07, 6.45) is 0. The predicted octanol–water partition coefficient (Wildman–Crippen LogP) is 4.89. The first-order chi connectivity index (χ1) is 15.4. The molecule has 0 fully saturated rings. The molecule has 164 valence electrons. The Morgan fingerprint density at radius 2 is 1.81 bits per heavy atom. The fourth-order valence-electron chi connectivity index (χ4n) is 3.54. The fourth-order valence-corrected chi connectivity index (χ4v) is 3.54. The molecule has 1 atom stereocenters. The summed E-state index contributed by atoms with van der Waals surface area (Å²) < 4.78 is 7.38. The van der Waals surface area contributed by atoms with E-state index in [0.29, 0.717) is 29.6 Å². The average molecular weight is 430 g/mol. The average Bonchev–Trinajstić information content (AvgIpc) is 3.44. The number of nitrogens with zero attached hydrogens (tertiary/aromatic N) is 4. The Morgan fingerprint density at radius 1 is 1.03 bits per heavy atom. The van der Waals surface area contributed by atoms with Crippen LogP contribution in [0.15, 0.2) is 65.1 Å². The molecule has 7 heteroatoms. The third-order valence-corrected chi connectivity index (χ3v) is 5.36. The number of hydrogen-bond donors (Lipinski definition) is 1. The number of aryl methyl sites for hydroxylation is 1. The van der Waals surface area contributed by atoms with Gasteiger partial charge in [0.05, 0.1) is 5.69 Å². The van der Waals surface area contributed by atoms with Gasteiger partial charge in [0.15, 0.2) is 0 Å². The molecular formula is C25H27N5O2. The van der Waals surface area contributed by atoms with Crippen molar-refractivity contribution in [3.05, 3.63) is 83.4 Å². The number of nitrogens with one attached hydrogen (secondary N) is 1. The van der Waals surface area contributed by atoms with E-state index < -0.39 is 0 Å².